The molecule has 1 fully saturated rings. The smallest absolute Gasteiger partial charge is 0.347 e. The number of sulfonamides is 1. The zero-order chi connectivity index (χ0) is 29.2. The number of aromatic nitrogens is 1. The lowest BCUT2D eigenvalue weighted by atomic mass is 9.94. The number of nitrogens with zero attached hydrogens (tertiary/aromatic N) is 1. The summed E-state index contributed by atoms with van der Waals surface area (Å²) in [6.07, 6.45) is -10.0. The number of fused-ring (bicyclic) bond motifs is 1. The number of halogens is 8. The first-order valence-electron chi connectivity index (χ1n) is 12.0. The van der Waals surface area contributed by atoms with Crippen LogP contribution in [-0.4, -0.2) is 30.3 Å². The van der Waals surface area contributed by atoms with Crippen LogP contribution in [0.4, 0.5) is 35.1 Å². The molecule has 39 heavy (non-hydrogen) atoms. The van der Waals surface area contributed by atoms with E-state index in [1.165, 1.54) is 45.7 Å². The third kappa shape index (κ3) is 5.93. The first kappa shape index (κ1) is 29.3. The summed E-state index contributed by atoms with van der Waals surface area (Å²) in [5.41, 5.74) is -1.92. The van der Waals surface area contributed by atoms with Crippen LogP contribution in [0.1, 0.15) is 50.8 Å². The van der Waals surface area contributed by atoms with E-state index in [9.17, 15) is 43.5 Å². The molecule has 2 atom stereocenters. The molecule has 13 heteroatoms. The summed E-state index contributed by atoms with van der Waals surface area (Å²) in [6.45, 7) is 5.52. The Morgan fingerprint density at radius 2 is 1.67 bits per heavy atom. The van der Waals surface area contributed by atoms with E-state index in [4.69, 9.17) is 0 Å². The van der Waals surface area contributed by atoms with Crippen molar-refractivity contribution in [2.45, 2.75) is 69.7 Å². The van der Waals surface area contributed by atoms with Crippen LogP contribution in [0.3, 0.4) is 0 Å². The van der Waals surface area contributed by atoms with E-state index >= 15 is 0 Å². The molecule has 2 aromatic carbocycles. The van der Waals surface area contributed by atoms with Crippen molar-refractivity contribution in [3.63, 3.8) is 0 Å². The average molecular weight is 583 g/mol. The Morgan fingerprint density at radius 3 is 2.18 bits per heavy atom. The summed E-state index contributed by atoms with van der Waals surface area (Å²) >= 11 is 0. The van der Waals surface area contributed by atoms with Gasteiger partial charge in [-0.1, -0.05) is 51.1 Å². The highest BCUT2D eigenvalue weighted by Crippen LogP contribution is 2.45. The number of hydrogen-bond acceptors (Lipinski definition) is 2. The molecule has 1 aliphatic rings. The van der Waals surface area contributed by atoms with Crippen molar-refractivity contribution in [3.05, 3.63) is 59.8 Å². The Bertz CT molecular complexity index is 1480. The van der Waals surface area contributed by atoms with Gasteiger partial charge in [-0.05, 0) is 35.1 Å². The molecule has 214 valence electrons. The number of hydrogen-bond donors (Lipinski definition) is 1. The normalized spacial score (nSPS) is 19.2. The van der Waals surface area contributed by atoms with Gasteiger partial charge in [-0.25, -0.2) is 17.2 Å². The van der Waals surface area contributed by atoms with Crippen LogP contribution in [0.5, 0.6) is 0 Å². The van der Waals surface area contributed by atoms with E-state index in [1.54, 1.807) is 20.8 Å². The van der Waals surface area contributed by atoms with Crippen LogP contribution in [0.2, 0.25) is 0 Å². The molecule has 0 radical (unpaired) electrons. The van der Waals surface area contributed by atoms with Crippen LogP contribution < -0.4 is 4.72 Å². The van der Waals surface area contributed by atoms with E-state index in [0.29, 0.717) is 0 Å². The largest absolute Gasteiger partial charge is 0.417 e. The Hall–Kier alpha value is -2.67. The zero-order valence-electron chi connectivity index (χ0n) is 21.1. The lowest BCUT2D eigenvalue weighted by Gasteiger charge is -2.36. The van der Waals surface area contributed by atoms with Gasteiger partial charge in [0.2, 0.25) is 10.0 Å². The summed E-state index contributed by atoms with van der Waals surface area (Å²) < 4.78 is 139. The van der Waals surface area contributed by atoms with Gasteiger partial charge in [-0.3, -0.25) is 0 Å². The highest BCUT2D eigenvalue weighted by atomic mass is 32.2. The van der Waals surface area contributed by atoms with Crippen LogP contribution in [0, 0.1) is 5.41 Å². The van der Waals surface area contributed by atoms with Gasteiger partial charge in [0.15, 0.2) is 0 Å². The molecule has 1 aromatic heterocycles. The predicted molar refractivity (Wildman–Crippen MR) is 131 cm³/mol. The van der Waals surface area contributed by atoms with E-state index in [-0.39, 0.29) is 28.6 Å². The molecule has 4 nitrogen and oxygen atoms in total. The topological polar surface area (TPSA) is 51.1 Å². The SMILES string of the molecule is CC(C)(C)Cn1cc([C@H](NS(=O)(=O)C2CCC2(F)F)C(F)(F)F)c2ccc(-c3ccccc3C(F)(F)F)cc21. The molecule has 0 saturated heterocycles. The van der Waals surface area contributed by atoms with Gasteiger partial charge < -0.3 is 4.57 Å². The number of nitrogens with one attached hydrogen (secondary N) is 1. The van der Waals surface area contributed by atoms with E-state index < -0.39 is 69.0 Å². The molecule has 1 unspecified atom stereocenters. The number of rotatable bonds is 6. The zero-order valence-corrected chi connectivity index (χ0v) is 21.9. The van der Waals surface area contributed by atoms with E-state index in [0.717, 1.165) is 12.3 Å². The number of benzene rings is 2. The van der Waals surface area contributed by atoms with Crippen molar-refractivity contribution in [2.75, 3.05) is 0 Å². The van der Waals surface area contributed by atoms with Crippen LogP contribution in [0.15, 0.2) is 48.7 Å². The fraction of sp³-hybridized carbons (Fsp3) is 0.462. The fourth-order valence-corrected chi connectivity index (χ4v) is 6.51. The molecule has 1 saturated carbocycles. The minimum Gasteiger partial charge on any atom is -0.347 e. The second-order valence-electron chi connectivity index (χ2n) is 11.0. The molecule has 1 heterocycles. The highest BCUT2D eigenvalue weighted by Gasteiger charge is 2.57. The Kier molecular flexibility index (Phi) is 7.11. The Morgan fingerprint density at radius 1 is 1.03 bits per heavy atom. The Labute approximate surface area is 220 Å². The summed E-state index contributed by atoms with van der Waals surface area (Å²) in [5, 5.41) is -2.36. The van der Waals surface area contributed by atoms with Gasteiger partial charge in [-0.15, -0.1) is 0 Å². The van der Waals surface area contributed by atoms with Gasteiger partial charge in [-0.2, -0.15) is 31.1 Å². The maximum atomic E-state index is 14.3. The second-order valence-corrected chi connectivity index (χ2v) is 12.9. The third-order valence-electron chi connectivity index (χ3n) is 6.61. The van der Waals surface area contributed by atoms with Crippen molar-refractivity contribution >= 4 is 20.9 Å². The second kappa shape index (κ2) is 9.46. The van der Waals surface area contributed by atoms with Gasteiger partial charge in [0.05, 0.1) is 5.56 Å². The lowest BCUT2D eigenvalue weighted by molar-refractivity contribution is -0.153. The van der Waals surface area contributed by atoms with Gasteiger partial charge in [0.1, 0.15) is 11.3 Å². The molecule has 3 aromatic rings. The van der Waals surface area contributed by atoms with Crippen molar-refractivity contribution in [2.24, 2.45) is 5.41 Å². The first-order valence-corrected chi connectivity index (χ1v) is 13.5. The summed E-state index contributed by atoms with van der Waals surface area (Å²) in [5.74, 6) is -3.65. The molecule has 1 N–H and O–H groups in total. The van der Waals surface area contributed by atoms with Crippen LogP contribution in [-0.2, 0) is 22.7 Å². The molecule has 0 amide bonds. The van der Waals surface area contributed by atoms with Gasteiger partial charge >= 0.3 is 12.4 Å². The quantitative estimate of drug-likeness (QED) is 0.303. The summed E-state index contributed by atoms with van der Waals surface area (Å²) in [6, 6.07) is 5.64. The molecule has 0 spiro atoms. The first-order chi connectivity index (χ1) is 17.7. The highest BCUT2D eigenvalue weighted by molar-refractivity contribution is 7.90. The van der Waals surface area contributed by atoms with Gasteiger partial charge in [0, 0.05) is 35.6 Å². The Balaban J connectivity index is 1.89. The molecular formula is C26H26F8N2O2S. The van der Waals surface area contributed by atoms with E-state index in [2.05, 4.69) is 0 Å². The third-order valence-corrected chi connectivity index (χ3v) is 8.50. The fourth-order valence-electron chi connectivity index (χ4n) is 4.76. The monoisotopic (exact) mass is 582 g/mol. The molecule has 1 aliphatic carbocycles. The minimum absolute atomic E-state index is 0.0714. The van der Waals surface area contributed by atoms with E-state index in [1.807, 2.05) is 0 Å². The van der Waals surface area contributed by atoms with Crippen molar-refractivity contribution in [3.8, 4) is 11.1 Å². The van der Waals surface area contributed by atoms with Crippen LogP contribution >= 0.6 is 0 Å². The molecule has 0 aliphatic heterocycles. The molecule has 0 bridgehead atoms. The summed E-state index contributed by atoms with van der Waals surface area (Å²) in [7, 11) is -5.08. The molecular weight excluding hydrogens is 556 g/mol. The molecule has 4 rings (SSSR count). The average Bonchev–Trinajstić information content (AvgIpc) is 3.11. The van der Waals surface area contributed by atoms with Crippen molar-refractivity contribution in [1.82, 2.24) is 9.29 Å². The number of alkyl halides is 8. The lowest BCUT2D eigenvalue weighted by Crippen LogP contribution is -2.54. The van der Waals surface area contributed by atoms with Gasteiger partial charge in [0.25, 0.3) is 5.92 Å². The maximum Gasteiger partial charge on any atom is 0.417 e. The minimum atomic E-state index is -5.20. The predicted octanol–water partition coefficient (Wildman–Crippen LogP) is 7.69. The van der Waals surface area contributed by atoms with Crippen molar-refractivity contribution < 1.29 is 43.5 Å². The maximum absolute atomic E-state index is 14.3. The summed E-state index contributed by atoms with van der Waals surface area (Å²) in [4.78, 5) is 0. The van der Waals surface area contributed by atoms with Crippen molar-refractivity contribution in [1.29, 1.82) is 0 Å². The van der Waals surface area contributed by atoms with Crippen LogP contribution in [0.25, 0.3) is 22.0 Å². The standard InChI is InChI=1S/C26H26F8N2O2S/c1-23(2,3)14-36-13-18(22(26(32,33)34)35-39(37,38)21-10-11-24(21,27)28)17-9-8-15(12-20(17)36)16-6-4-5-7-19(16)25(29,30)31/h4-9,12-13,21-22,35H,10-11,14H2,1-3H3/t21?,22-/m0/s1.